The highest BCUT2D eigenvalue weighted by molar-refractivity contribution is 9.10. The maximum Gasteiger partial charge on any atom is 0.119 e. The Bertz CT molecular complexity index is 592. The summed E-state index contributed by atoms with van der Waals surface area (Å²) in [6, 6.07) is 11.5. The summed E-state index contributed by atoms with van der Waals surface area (Å²) in [5.41, 5.74) is 7.81. The van der Waals surface area contributed by atoms with Gasteiger partial charge < -0.3 is 10.5 Å². The molecule has 0 unspecified atom stereocenters. The molecule has 0 bridgehead atoms. The van der Waals surface area contributed by atoms with E-state index in [0.29, 0.717) is 10.7 Å². The number of methoxy groups -OCH3 is 1. The van der Waals surface area contributed by atoms with Gasteiger partial charge in [0, 0.05) is 25.8 Å². The Morgan fingerprint density at radius 2 is 2.05 bits per heavy atom. The summed E-state index contributed by atoms with van der Waals surface area (Å²) in [5.74, 6) is 1.66. The summed E-state index contributed by atoms with van der Waals surface area (Å²) in [6.07, 6.45) is 0. The van der Waals surface area contributed by atoms with Gasteiger partial charge in [-0.05, 0) is 42.0 Å². The highest BCUT2D eigenvalue weighted by Gasteiger charge is 2.06. The Morgan fingerprint density at radius 1 is 1.26 bits per heavy atom. The van der Waals surface area contributed by atoms with Gasteiger partial charge in [-0.3, -0.25) is 0 Å². The van der Waals surface area contributed by atoms with Gasteiger partial charge in [0.25, 0.3) is 0 Å². The molecule has 0 aliphatic rings. The summed E-state index contributed by atoms with van der Waals surface area (Å²) >= 11 is 11.1. The topological polar surface area (TPSA) is 35.2 Å². The second kappa shape index (κ2) is 6.55. The zero-order valence-electron chi connectivity index (χ0n) is 10.3. The standard InChI is InChI=1S/C14H13BrClNOS/c1-18-11-3-4-12(15)9(6-11)8-19-14-5-2-10(16)7-13(14)17/h2-7H,8,17H2,1H3. The lowest BCUT2D eigenvalue weighted by atomic mass is 10.2. The van der Waals surface area contributed by atoms with Crippen LogP contribution in [0.15, 0.2) is 45.8 Å². The van der Waals surface area contributed by atoms with E-state index in [2.05, 4.69) is 15.9 Å². The number of nitrogen functional groups attached to an aromatic ring is 1. The van der Waals surface area contributed by atoms with Crippen LogP contribution in [0.25, 0.3) is 0 Å². The third-order valence-corrected chi connectivity index (χ3v) is 4.75. The number of ether oxygens (including phenoxy) is 1. The van der Waals surface area contributed by atoms with E-state index in [-0.39, 0.29) is 0 Å². The first-order valence-electron chi connectivity index (χ1n) is 5.60. The van der Waals surface area contributed by atoms with E-state index in [1.807, 2.05) is 30.3 Å². The van der Waals surface area contributed by atoms with Crippen molar-refractivity contribution >= 4 is 45.0 Å². The Hall–Kier alpha value is -0.840. The molecule has 0 radical (unpaired) electrons. The van der Waals surface area contributed by atoms with Gasteiger partial charge >= 0.3 is 0 Å². The van der Waals surface area contributed by atoms with Gasteiger partial charge in [-0.2, -0.15) is 0 Å². The molecule has 0 fully saturated rings. The predicted octanol–water partition coefficient (Wildman–Crippen LogP) is 4.99. The van der Waals surface area contributed by atoms with Crippen molar-refractivity contribution in [3.05, 3.63) is 51.5 Å². The first-order chi connectivity index (χ1) is 9.10. The molecule has 0 saturated carbocycles. The fraction of sp³-hybridized carbons (Fsp3) is 0.143. The molecule has 2 aromatic rings. The second-order valence-electron chi connectivity index (χ2n) is 3.93. The van der Waals surface area contributed by atoms with Gasteiger partial charge in [0.2, 0.25) is 0 Å². The molecule has 5 heteroatoms. The molecule has 19 heavy (non-hydrogen) atoms. The zero-order valence-corrected chi connectivity index (χ0v) is 13.5. The van der Waals surface area contributed by atoms with Crippen molar-refractivity contribution in [3.63, 3.8) is 0 Å². The number of hydrogen-bond acceptors (Lipinski definition) is 3. The van der Waals surface area contributed by atoms with Crippen LogP contribution in [-0.2, 0) is 5.75 Å². The van der Waals surface area contributed by atoms with Crippen molar-refractivity contribution < 1.29 is 4.74 Å². The Morgan fingerprint density at radius 3 is 2.74 bits per heavy atom. The monoisotopic (exact) mass is 357 g/mol. The van der Waals surface area contributed by atoms with E-state index in [9.17, 15) is 0 Å². The van der Waals surface area contributed by atoms with Crippen molar-refractivity contribution in [1.29, 1.82) is 0 Å². The van der Waals surface area contributed by atoms with Crippen molar-refractivity contribution in [1.82, 2.24) is 0 Å². The molecule has 0 aliphatic carbocycles. The number of halogens is 2. The fourth-order valence-corrected chi connectivity index (χ4v) is 3.29. The summed E-state index contributed by atoms with van der Waals surface area (Å²) in [4.78, 5) is 1.03. The van der Waals surface area contributed by atoms with Gasteiger partial charge in [-0.1, -0.05) is 27.5 Å². The highest BCUT2D eigenvalue weighted by atomic mass is 79.9. The first-order valence-corrected chi connectivity index (χ1v) is 7.76. The number of hydrogen-bond donors (Lipinski definition) is 1. The van der Waals surface area contributed by atoms with Crippen LogP contribution in [0, 0.1) is 0 Å². The van der Waals surface area contributed by atoms with Crippen molar-refractivity contribution in [2.75, 3.05) is 12.8 Å². The fourth-order valence-electron chi connectivity index (χ4n) is 1.59. The van der Waals surface area contributed by atoms with Gasteiger partial charge in [-0.25, -0.2) is 0 Å². The molecular weight excluding hydrogens is 346 g/mol. The van der Waals surface area contributed by atoms with Crippen molar-refractivity contribution in [3.8, 4) is 5.75 Å². The minimum Gasteiger partial charge on any atom is -0.497 e. The average molecular weight is 359 g/mol. The van der Waals surface area contributed by atoms with Gasteiger partial charge in [-0.15, -0.1) is 11.8 Å². The molecule has 0 saturated heterocycles. The zero-order chi connectivity index (χ0) is 13.8. The molecule has 0 heterocycles. The number of benzene rings is 2. The molecule has 0 atom stereocenters. The van der Waals surface area contributed by atoms with Crippen LogP contribution in [0.4, 0.5) is 5.69 Å². The van der Waals surface area contributed by atoms with E-state index >= 15 is 0 Å². The summed E-state index contributed by atoms with van der Waals surface area (Å²) in [5, 5.41) is 0.657. The van der Waals surface area contributed by atoms with Gasteiger partial charge in [0.05, 0.1) is 7.11 Å². The molecule has 2 rings (SSSR count). The van der Waals surface area contributed by atoms with Gasteiger partial charge in [0.1, 0.15) is 5.75 Å². The molecule has 100 valence electrons. The maximum absolute atomic E-state index is 5.94. The predicted molar refractivity (Wildman–Crippen MR) is 86.1 cm³/mol. The summed E-state index contributed by atoms with van der Waals surface area (Å²) < 4.78 is 6.29. The Balaban J connectivity index is 2.14. The van der Waals surface area contributed by atoms with Crippen molar-refractivity contribution in [2.24, 2.45) is 0 Å². The SMILES string of the molecule is COc1ccc(Br)c(CSc2ccc(Cl)cc2N)c1. The quantitative estimate of drug-likeness (QED) is 0.618. The van der Waals surface area contributed by atoms with Crippen LogP contribution in [0.3, 0.4) is 0 Å². The molecule has 2 nitrogen and oxygen atoms in total. The minimum absolute atomic E-state index is 0.657. The lowest BCUT2D eigenvalue weighted by Crippen LogP contribution is -1.90. The molecule has 0 aromatic heterocycles. The van der Waals surface area contributed by atoms with Crippen LogP contribution < -0.4 is 10.5 Å². The molecular formula is C14H13BrClNOS. The molecule has 0 amide bonds. The lowest BCUT2D eigenvalue weighted by Gasteiger charge is -2.09. The first kappa shape index (κ1) is 14.6. The Kier molecular flexibility index (Phi) is 5.02. The van der Waals surface area contributed by atoms with E-state index in [4.69, 9.17) is 22.1 Å². The van der Waals surface area contributed by atoms with E-state index in [1.54, 1.807) is 24.9 Å². The third kappa shape index (κ3) is 3.81. The summed E-state index contributed by atoms with van der Waals surface area (Å²) in [6.45, 7) is 0. The second-order valence-corrected chi connectivity index (χ2v) is 6.24. The molecule has 0 aliphatic heterocycles. The van der Waals surface area contributed by atoms with Crippen LogP contribution >= 0.6 is 39.3 Å². The van der Waals surface area contributed by atoms with E-state index in [1.165, 1.54) is 5.56 Å². The third-order valence-electron chi connectivity index (χ3n) is 2.61. The smallest absolute Gasteiger partial charge is 0.119 e. The average Bonchev–Trinajstić information content (AvgIpc) is 2.39. The largest absolute Gasteiger partial charge is 0.497 e. The minimum atomic E-state index is 0.657. The molecule has 2 N–H and O–H groups in total. The van der Waals surface area contributed by atoms with Gasteiger partial charge in [0.15, 0.2) is 0 Å². The Labute approximate surface area is 130 Å². The van der Waals surface area contributed by atoms with Crippen LogP contribution in [0.5, 0.6) is 5.75 Å². The number of thioether (sulfide) groups is 1. The van der Waals surface area contributed by atoms with Crippen LogP contribution in [-0.4, -0.2) is 7.11 Å². The van der Waals surface area contributed by atoms with E-state index < -0.39 is 0 Å². The number of anilines is 1. The van der Waals surface area contributed by atoms with Crippen LogP contribution in [0.2, 0.25) is 5.02 Å². The number of nitrogens with two attached hydrogens (primary N) is 1. The van der Waals surface area contributed by atoms with Crippen molar-refractivity contribution in [2.45, 2.75) is 10.6 Å². The lowest BCUT2D eigenvalue weighted by molar-refractivity contribution is 0.414. The number of rotatable bonds is 4. The molecule has 2 aromatic carbocycles. The van der Waals surface area contributed by atoms with E-state index in [0.717, 1.165) is 20.9 Å². The summed E-state index contributed by atoms with van der Waals surface area (Å²) in [7, 11) is 1.66. The molecule has 0 spiro atoms. The maximum atomic E-state index is 5.94. The van der Waals surface area contributed by atoms with Crippen LogP contribution in [0.1, 0.15) is 5.56 Å². The normalized spacial score (nSPS) is 10.5. The highest BCUT2D eigenvalue weighted by Crippen LogP contribution is 2.33.